The molecule has 0 aliphatic heterocycles. The van der Waals surface area contributed by atoms with Crippen LogP contribution in [0.25, 0.3) is 33.0 Å². The van der Waals surface area contributed by atoms with Gasteiger partial charge in [-0.15, -0.1) is 11.3 Å². The minimum atomic E-state index is -0.415. The third kappa shape index (κ3) is 3.78. The number of hydrogen-bond acceptors (Lipinski definition) is 7. The first kappa shape index (κ1) is 19.0. The molecule has 6 nitrogen and oxygen atoms in total. The number of methoxy groups -OCH3 is 1. The van der Waals surface area contributed by atoms with Crippen molar-refractivity contribution in [1.29, 1.82) is 0 Å². The fourth-order valence-corrected chi connectivity index (χ4v) is 4.01. The number of benzene rings is 3. The Balaban J connectivity index is 1.43. The molecular formula is C24H17N3O3S. The van der Waals surface area contributed by atoms with E-state index in [1.165, 1.54) is 11.3 Å². The average Bonchev–Trinajstić information content (AvgIpc) is 3.27. The molecule has 0 atom stereocenters. The summed E-state index contributed by atoms with van der Waals surface area (Å²) in [7, 11) is 1.63. The van der Waals surface area contributed by atoms with Gasteiger partial charge in [-0.2, -0.15) is 5.10 Å². The first-order valence-corrected chi connectivity index (χ1v) is 10.4. The van der Waals surface area contributed by atoms with Crippen molar-refractivity contribution in [2.24, 2.45) is 5.10 Å². The summed E-state index contributed by atoms with van der Waals surface area (Å²) in [6.07, 6.45) is 1.69. The SMILES string of the molecule is COc1ccc(/C=N/Nc2nc(-c3cc4c(ccc5ccccc54)oc3=O)cs2)cc1. The fourth-order valence-electron chi connectivity index (χ4n) is 3.35. The van der Waals surface area contributed by atoms with Crippen molar-refractivity contribution in [2.45, 2.75) is 0 Å². The van der Waals surface area contributed by atoms with Crippen molar-refractivity contribution < 1.29 is 9.15 Å². The van der Waals surface area contributed by atoms with Crippen LogP contribution in [0.1, 0.15) is 5.56 Å². The highest BCUT2D eigenvalue weighted by molar-refractivity contribution is 7.14. The largest absolute Gasteiger partial charge is 0.497 e. The quantitative estimate of drug-likeness (QED) is 0.173. The van der Waals surface area contributed by atoms with Crippen molar-refractivity contribution in [3.8, 4) is 17.0 Å². The zero-order valence-electron chi connectivity index (χ0n) is 16.5. The number of anilines is 1. The molecule has 0 radical (unpaired) electrons. The summed E-state index contributed by atoms with van der Waals surface area (Å²) in [5.74, 6) is 0.789. The number of hydrazone groups is 1. The van der Waals surface area contributed by atoms with E-state index in [1.54, 1.807) is 13.3 Å². The van der Waals surface area contributed by atoms with Crippen LogP contribution in [0.15, 0.2) is 86.4 Å². The molecule has 0 unspecified atom stereocenters. The van der Waals surface area contributed by atoms with Crippen molar-refractivity contribution >= 4 is 44.4 Å². The summed E-state index contributed by atoms with van der Waals surface area (Å²) in [6, 6.07) is 21.2. The van der Waals surface area contributed by atoms with E-state index < -0.39 is 5.63 Å². The van der Waals surface area contributed by atoms with Crippen LogP contribution < -0.4 is 15.8 Å². The van der Waals surface area contributed by atoms with Crippen molar-refractivity contribution in [2.75, 3.05) is 12.5 Å². The van der Waals surface area contributed by atoms with Crippen molar-refractivity contribution in [3.63, 3.8) is 0 Å². The Kier molecular flexibility index (Phi) is 4.93. The van der Waals surface area contributed by atoms with Gasteiger partial charge in [0.2, 0.25) is 5.13 Å². The summed E-state index contributed by atoms with van der Waals surface area (Å²) in [6.45, 7) is 0. The normalized spacial score (nSPS) is 11.4. The van der Waals surface area contributed by atoms with Gasteiger partial charge in [0.25, 0.3) is 0 Å². The molecule has 5 aromatic rings. The van der Waals surface area contributed by atoms with E-state index in [4.69, 9.17) is 9.15 Å². The number of fused-ring (bicyclic) bond motifs is 3. The molecule has 2 aromatic heterocycles. The smallest absolute Gasteiger partial charge is 0.345 e. The lowest BCUT2D eigenvalue weighted by molar-refractivity contribution is 0.415. The van der Waals surface area contributed by atoms with E-state index in [2.05, 4.69) is 15.5 Å². The first-order chi connectivity index (χ1) is 15.2. The molecule has 0 bridgehead atoms. The number of ether oxygens (including phenoxy) is 1. The van der Waals surface area contributed by atoms with Crippen molar-refractivity contribution in [1.82, 2.24) is 4.98 Å². The van der Waals surface area contributed by atoms with Gasteiger partial charge < -0.3 is 9.15 Å². The van der Waals surface area contributed by atoms with Crippen LogP contribution in [-0.2, 0) is 0 Å². The van der Waals surface area contributed by atoms with E-state index in [1.807, 2.05) is 72.1 Å². The Hall–Kier alpha value is -3.97. The van der Waals surface area contributed by atoms with Crippen LogP contribution in [0.4, 0.5) is 5.13 Å². The summed E-state index contributed by atoms with van der Waals surface area (Å²) in [4.78, 5) is 17.1. The number of rotatable bonds is 5. The second kappa shape index (κ2) is 8.04. The van der Waals surface area contributed by atoms with Gasteiger partial charge in [0.1, 0.15) is 11.3 Å². The number of nitrogens with one attached hydrogen (secondary N) is 1. The number of hydrogen-bond donors (Lipinski definition) is 1. The summed E-state index contributed by atoms with van der Waals surface area (Å²) >= 11 is 1.37. The minimum absolute atomic E-state index is 0.415. The Bertz CT molecular complexity index is 1470. The molecule has 0 amide bonds. The maximum Gasteiger partial charge on any atom is 0.345 e. The van der Waals surface area contributed by atoms with Gasteiger partial charge in [0.15, 0.2) is 0 Å². The summed E-state index contributed by atoms with van der Waals surface area (Å²) in [5.41, 5.74) is 4.95. The summed E-state index contributed by atoms with van der Waals surface area (Å²) in [5, 5.41) is 9.61. The van der Waals surface area contributed by atoms with Crippen LogP contribution in [0, 0.1) is 0 Å². The molecule has 0 saturated heterocycles. The monoisotopic (exact) mass is 427 g/mol. The molecule has 0 aliphatic carbocycles. The average molecular weight is 427 g/mol. The molecule has 3 aromatic carbocycles. The molecule has 2 heterocycles. The lowest BCUT2D eigenvalue weighted by Gasteiger charge is -2.04. The maximum atomic E-state index is 12.6. The van der Waals surface area contributed by atoms with Gasteiger partial charge >= 0.3 is 5.63 Å². The van der Waals surface area contributed by atoms with Crippen LogP contribution in [0.5, 0.6) is 5.75 Å². The topological polar surface area (TPSA) is 76.7 Å². The second-order valence-corrected chi connectivity index (χ2v) is 7.69. The Morgan fingerprint density at radius 3 is 2.74 bits per heavy atom. The molecule has 0 saturated carbocycles. The van der Waals surface area contributed by atoms with Crippen molar-refractivity contribution in [3.05, 3.63) is 88.1 Å². The van der Waals surface area contributed by atoms with Crippen LogP contribution in [-0.4, -0.2) is 18.3 Å². The van der Waals surface area contributed by atoms with Gasteiger partial charge in [0.05, 0.1) is 24.6 Å². The standard InChI is InChI=1S/C24H17N3O3S/c1-29-17-9-6-15(7-10-17)13-25-27-24-26-21(14-31-24)20-12-19-18-5-3-2-4-16(18)8-11-22(19)30-23(20)28/h2-14H,1H3,(H,26,27)/b25-13+. The highest BCUT2D eigenvalue weighted by atomic mass is 32.1. The number of thiazole rings is 1. The molecule has 152 valence electrons. The van der Waals surface area contributed by atoms with Gasteiger partial charge in [-0.3, -0.25) is 5.43 Å². The number of aromatic nitrogens is 1. The van der Waals surface area contributed by atoms with Crippen LogP contribution >= 0.6 is 11.3 Å². The van der Waals surface area contributed by atoms with Gasteiger partial charge in [0, 0.05) is 10.8 Å². The molecule has 7 heteroatoms. The predicted octanol–water partition coefficient (Wildman–Crippen LogP) is 5.52. The van der Waals surface area contributed by atoms with E-state index in [9.17, 15) is 4.79 Å². The van der Waals surface area contributed by atoms with Gasteiger partial charge in [-0.05, 0) is 52.7 Å². The Labute approximate surface area is 181 Å². The highest BCUT2D eigenvalue weighted by Gasteiger charge is 2.13. The van der Waals surface area contributed by atoms with E-state index >= 15 is 0 Å². The lowest BCUT2D eigenvalue weighted by atomic mass is 10.0. The fraction of sp³-hybridized carbons (Fsp3) is 0.0417. The molecule has 5 rings (SSSR count). The highest BCUT2D eigenvalue weighted by Crippen LogP contribution is 2.29. The lowest BCUT2D eigenvalue weighted by Crippen LogP contribution is -2.03. The zero-order valence-corrected chi connectivity index (χ0v) is 17.3. The van der Waals surface area contributed by atoms with Crippen LogP contribution in [0.2, 0.25) is 0 Å². The van der Waals surface area contributed by atoms with E-state index in [0.717, 1.165) is 27.5 Å². The summed E-state index contributed by atoms with van der Waals surface area (Å²) < 4.78 is 10.7. The van der Waals surface area contributed by atoms with E-state index in [0.29, 0.717) is 22.0 Å². The molecule has 0 aliphatic rings. The molecule has 0 fully saturated rings. The predicted molar refractivity (Wildman–Crippen MR) is 125 cm³/mol. The maximum absolute atomic E-state index is 12.6. The third-order valence-electron chi connectivity index (χ3n) is 4.91. The van der Waals surface area contributed by atoms with Crippen LogP contribution in [0.3, 0.4) is 0 Å². The number of nitrogens with zero attached hydrogens (tertiary/aromatic N) is 2. The second-order valence-electron chi connectivity index (χ2n) is 6.83. The molecular weight excluding hydrogens is 410 g/mol. The van der Waals surface area contributed by atoms with Gasteiger partial charge in [-0.25, -0.2) is 9.78 Å². The van der Waals surface area contributed by atoms with Gasteiger partial charge in [-0.1, -0.05) is 30.3 Å². The first-order valence-electron chi connectivity index (χ1n) is 9.56. The minimum Gasteiger partial charge on any atom is -0.497 e. The third-order valence-corrected chi connectivity index (χ3v) is 5.66. The molecule has 31 heavy (non-hydrogen) atoms. The molecule has 0 spiro atoms. The Morgan fingerprint density at radius 2 is 1.90 bits per heavy atom. The Morgan fingerprint density at radius 1 is 1.06 bits per heavy atom. The zero-order chi connectivity index (χ0) is 21.2. The van der Waals surface area contributed by atoms with E-state index in [-0.39, 0.29) is 0 Å². The molecule has 1 N–H and O–H groups in total.